The molecule has 0 saturated carbocycles. The third kappa shape index (κ3) is 4.76. The fourth-order valence-corrected chi connectivity index (χ4v) is 3.64. The number of carbonyl (C=O) groups excluding carboxylic acids is 2. The largest absolute Gasteiger partial charge is 0.497 e. The van der Waals surface area contributed by atoms with Gasteiger partial charge in [-0.2, -0.15) is 5.10 Å². The predicted molar refractivity (Wildman–Crippen MR) is 121 cm³/mol. The maximum atomic E-state index is 12.9. The van der Waals surface area contributed by atoms with Crippen molar-refractivity contribution in [1.29, 1.82) is 0 Å². The first-order valence-corrected chi connectivity index (χ1v) is 10.4. The Morgan fingerprint density at radius 1 is 1.24 bits per heavy atom. The van der Waals surface area contributed by atoms with Crippen molar-refractivity contribution >= 4 is 34.9 Å². The van der Waals surface area contributed by atoms with Gasteiger partial charge in [-0.05, 0) is 54.1 Å². The van der Waals surface area contributed by atoms with Crippen LogP contribution in [0.1, 0.15) is 34.1 Å². The van der Waals surface area contributed by atoms with Crippen LogP contribution in [0.4, 0.5) is 5.69 Å². The van der Waals surface area contributed by atoms with Gasteiger partial charge in [0.15, 0.2) is 6.61 Å². The van der Waals surface area contributed by atoms with E-state index in [4.69, 9.17) is 25.5 Å². The molecule has 10 nitrogen and oxygen atoms in total. The van der Waals surface area contributed by atoms with E-state index in [0.29, 0.717) is 23.6 Å². The molecule has 0 spiro atoms. The molecule has 0 bridgehead atoms. The minimum atomic E-state index is -0.902. The summed E-state index contributed by atoms with van der Waals surface area (Å²) in [6, 6.07) is 13.7. The predicted octanol–water partition coefficient (Wildman–Crippen LogP) is 4.38. The molecule has 1 atom stereocenters. The highest BCUT2D eigenvalue weighted by atomic mass is 35.5. The third-order valence-corrected chi connectivity index (χ3v) is 5.49. The number of esters is 1. The van der Waals surface area contributed by atoms with Crippen LogP contribution in [0.15, 0.2) is 70.4 Å². The maximum Gasteiger partial charge on any atom is 0.338 e. The molecule has 0 aliphatic carbocycles. The van der Waals surface area contributed by atoms with E-state index in [2.05, 4.69) is 5.10 Å². The number of furan rings is 1. The second kappa shape index (κ2) is 9.75. The van der Waals surface area contributed by atoms with Gasteiger partial charge in [-0.1, -0.05) is 11.6 Å². The Labute approximate surface area is 198 Å². The Bertz CT molecular complexity index is 1260. The lowest BCUT2D eigenvalue weighted by molar-refractivity contribution is -0.384. The van der Waals surface area contributed by atoms with E-state index in [1.807, 2.05) is 12.1 Å². The van der Waals surface area contributed by atoms with Crippen molar-refractivity contribution in [2.45, 2.75) is 12.5 Å². The van der Waals surface area contributed by atoms with Crippen molar-refractivity contribution < 1.29 is 28.4 Å². The number of carbonyl (C=O) groups is 2. The van der Waals surface area contributed by atoms with Crippen molar-refractivity contribution in [2.75, 3.05) is 13.7 Å². The summed E-state index contributed by atoms with van der Waals surface area (Å²) in [5, 5.41) is 16.6. The molecule has 0 N–H and O–H groups in total. The molecule has 0 saturated heterocycles. The van der Waals surface area contributed by atoms with Gasteiger partial charge in [-0.15, -0.1) is 0 Å². The van der Waals surface area contributed by atoms with E-state index in [1.165, 1.54) is 23.4 Å². The minimum Gasteiger partial charge on any atom is -0.497 e. The van der Waals surface area contributed by atoms with Gasteiger partial charge in [-0.25, -0.2) is 9.80 Å². The Kier molecular flexibility index (Phi) is 6.60. The van der Waals surface area contributed by atoms with Gasteiger partial charge in [0.2, 0.25) is 0 Å². The van der Waals surface area contributed by atoms with E-state index in [-0.39, 0.29) is 10.6 Å². The number of nitro groups is 1. The van der Waals surface area contributed by atoms with Crippen molar-refractivity contribution in [2.24, 2.45) is 5.10 Å². The molecule has 2 heterocycles. The van der Waals surface area contributed by atoms with E-state index in [1.54, 1.807) is 31.4 Å². The number of benzene rings is 2. The number of methoxy groups -OCH3 is 1. The highest BCUT2D eigenvalue weighted by Gasteiger charge is 2.35. The average molecular weight is 484 g/mol. The summed E-state index contributed by atoms with van der Waals surface area (Å²) in [4.78, 5) is 35.7. The van der Waals surface area contributed by atoms with E-state index < -0.39 is 35.1 Å². The number of amides is 1. The number of nitrogens with zero attached hydrogens (tertiary/aromatic N) is 3. The van der Waals surface area contributed by atoms with Crippen LogP contribution in [0.25, 0.3) is 0 Å². The second-order valence-corrected chi connectivity index (χ2v) is 7.66. The van der Waals surface area contributed by atoms with Crippen molar-refractivity contribution in [3.63, 3.8) is 0 Å². The fourth-order valence-electron chi connectivity index (χ4n) is 3.46. The summed E-state index contributed by atoms with van der Waals surface area (Å²) in [6.45, 7) is -0.619. The molecule has 11 heteroatoms. The molecule has 34 heavy (non-hydrogen) atoms. The molecule has 1 unspecified atom stereocenters. The Morgan fingerprint density at radius 2 is 2.00 bits per heavy atom. The lowest BCUT2D eigenvalue weighted by atomic mass is 10.0. The zero-order chi connectivity index (χ0) is 24.2. The van der Waals surface area contributed by atoms with Crippen LogP contribution in [-0.4, -0.2) is 41.2 Å². The van der Waals surface area contributed by atoms with E-state index in [9.17, 15) is 19.7 Å². The molecule has 1 aliphatic heterocycles. The van der Waals surface area contributed by atoms with Gasteiger partial charge in [0, 0.05) is 12.5 Å². The minimum absolute atomic E-state index is 0.102. The molecule has 3 aromatic rings. The first kappa shape index (κ1) is 23.0. The second-order valence-electron chi connectivity index (χ2n) is 7.25. The van der Waals surface area contributed by atoms with Crippen LogP contribution in [0.2, 0.25) is 5.02 Å². The van der Waals surface area contributed by atoms with E-state index in [0.717, 1.165) is 11.6 Å². The summed E-state index contributed by atoms with van der Waals surface area (Å²) in [5.74, 6) is -0.268. The molecule has 2 aromatic carbocycles. The van der Waals surface area contributed by atoms with Crippen LogP contribution in [0.5, 0.6) is 5.75 Å². The van der Waals surface area contributed by atoms with Gasteiger partial charge in [-0.3, -0.25) is 14.9 Å². The highest BCUT2D eigenvalue weighted by Crippen LogP contribution is 2.33. The summed E-state index contributed by atoms with van der Waals surface area (Å²) in [6.07, 6.45) is 1.89. The first-order valence-electron chi connectivity index (χ1n) is 10.1. The molecule has 174 valence electrons. The number of halogens is 1. The number of nitro benzene ring substituents is 1. The Balaban J connectivity index is 1.51. The first-order chi connectivity index (χ1) is 16.4. The lowest BCUT2D eigenvalue weighted by Crippen LogP contribution is -2.31. The van der Waals surface area contributed by atoms with Crippen LogP contribution in [-0.2, 0) is 9.53 Å². The van der Waals surface area contributed by atoms with Crippen LogP contribution >= 0.6 is 11.6 Å². The molecule has 0 fully saturated rings. The fraction of sp³-hybridized carbons (Fsp3) is 0.174. The quantitative estimate of drug-likeness (QED) is 0.277. The smallest absolute Gasteiger partial charge is 0.338 e. The maximum absolute atomic E-state index is 12.9. The molecule has 1 aliphatic rings. The zero-order valence-electron chi connectivity index (χ0n) is 17.8. The molecule has 1 amide bonds. The molecular formula is C23H18ClN3O7. The number of hydrogen-bond acceptors (Lipinski definition) is 8. The third-order valence-electron chi connectivity index (χ3n) is 5.17. The van der Waals surface area contributed by atoms with E-state index >= 15 is 0 Å². The van der Waals surface area contributed by atoms with Crippen LogP contribution in [0, 0.1) is 10.1 Å². The summed E-state index contributed by atoms with van der Waals surface area (Å²) in [7, 11) is 1.57. The van der Waals surface area contributed by atoms with Gasteiger partial charge in [0.05, 0.1) is 29.6 Å². The molecule has 0 radical (unpaired) electrons. The Morgan fingerprint density at radius 3 is 2.65 bits per heavy atom. The molecule has 4 rings (SSSR count). The molecule has 1 aromatic heterocycles. The normalized spacial score (nSPS) is 15.1. The lowest BCUT2D eigenvalue weighted by Gasteiger charge is -2.19. The summed E-state index contributed by atoms with van der Waals surface area (Å²) >= 11 is 5.77. The number of rotatable bonds is 7. The van der Waals surface area contributed by atoms with Crippen LogP contribution < -0.4 is 4.74 Å². The van der Waals surface area contributed by atoms with Crippen molar-refractivity contribution in [3.8, 4) is 5.75 Å². The zero-order valence-corrected chi connectivity index (χ0v) is 18.6. The van der Waals surface area contributed by atoms with Gasteiger partial charge < -0.3 is 13.9 Å². The monoisotopic (exact) mass is 483 g/mol. The molecular weight excluding hydrogens is 466 g/mol. The van der Waals surface area contributed by atoms with Crippen molar-refractivity contribution in [1.82, 2.24) is 5.01 Å². The van der Waals surface area contributed by atoms with Crippen molar-refractivity contribution in [3.05, 3.63) is 92.9 Å². The number of hydrogen-bond donors (Lipinski definition) is 0. The standard InChI is InChI=1S/C23H18ClN3O7/c1-32-16-7-4-14(5-8-16)18-12-20(21-3-2-10-33-21)26(25-18)22(28)13-34-23(29)15-6-9-17(24)19(11-15)27(30)31/h2-11,20H,12-13H2,1H3. The summed E-state index contributed by atoms with van der Waals surface area (Å²) < 4.78 is 15.8. The van der Waals surface area contributed by atoms with Crippen LogP contribution in [0.3, 0.4) is 0 Å². The highest BCUT2D eigenvalue weighted by molar-refractivity contribution is 6.32. The Hall–Kier alpha value is -4.18. The summed E-state index contributed by atoms with van der Waals surface area (Å²) in [5.41, 5.74) is 0.916. The SMILES string of the molecule is COc1ccc(C2=NN(C(=O)COC(=O)c3ccc(Cl)c([N+](=O)[O-])c3)C(c3ccco3)C2)cc1. The topological polar surface area (TPSA) is 124 Å². The van der Waals surface area contributed by atoms with Gasteiger partial charge in [0.25, 0.3) is 11.6 Å². The number of hydrazone groups is 1. The number of ether oxygens (including phenoxy) is 2. The van der Waals surface area contributed by atoms with Gasteiger partial charge >= 0.3 is 5.97 Å². The van der Waals surface area contributed by atoms with Gasteiger partial charge in [0.1, 0.15) is 22.6 Å². The average Bonchev–Trinajstić information content (AvgIpc) is 3.52.